The van der Waals surface area contributed by atoms with Crippen LogP contribution in [0.25, 0.3) is 6.08 Å². The number of anilines is 1. The topological polar surface area (TPSA) is 92.6 Å². The van der Waals surface area contributed by atoms with Crippen LogP contribution in [0, 0.1) is 10.1 Å². The Bertz CT molecular complexity index is 889. The lowest BCUT2D eigenvalue weighted by Gasteiger charge is -2.28. The summed E-state index contributed by atoms with van der Waals surface area (Å²) in [4.78, 5) is 36.6. The molecule has 2 amide bonds. The Hall–Kier alpha value is -2.91. The van der Waals surface area contributed by atoms with Gasteiger partial charge in [-0.25, -0.2) is 0 Å². The Morgan fingerprint density at radius 2 is 1.88 bits per heavy atom. The van der Waals surface area contributed by atoms with E-state index in [2.05, 4.69) is 5.32 Å². The predicted molar refractivity (Wildman–Crippen MR) is 93.6 cm³/mol. The second-order valence-electron chi connectivity index (χ2n) is 4.73. The lowest BCUT2D eigenvalue weighted by Crippen LogP contribution is -2.54. The van der Waals surface area contributed by atoms with Crippen LogP contribution in [0.1, 0.15) is 4.88 Å². The molecule has 1 aromatic carbocycles. The van der Waals surface area contributed by atoms with Crippen LogP contribution in [0.4, 0.5) is 10.7 Å². The van der Waals surface area contributed by atoms with Crippen molar-refractivity contribution in [1.29, 1.82) is 0 Å². The summed E-state index contributed by atoms with van der Waals surface area (Å²) in [7, 11) is 0. The van der Waals surface area contributed by atoms with Gasteiger partial charge >= 0.3 is 5.00 Å². The van der Waals surface area contributed by atoms with Crippen molar-refractivity contribution in [2.45, 2.75) is 0 Å². The molecular formula is C15H9N3O4S2. The molecule has 1 aliphatic heterocycles. The number of amides is 2. The number of rotatable bonds is 3. The summed E-state index contributed by atoms with van der Waals surface area (Å²) in [6.07, 6.45) is 1.33. The van der Waals surface area contributed by atoms with E-state index >= 15 is 0 Å². The van der Waals surface area contributed by atoms with Gasteiger partial charge in [-0.05, 0) is 36.5 Å². The summed E-state index contributed by atoms with van der Waals surface area (Å²) in [5.74, 6) is -1.21. The van der Waals surface area contributed by atoms with Crippen molar-refractivity contribution >= 4 is 57.2 Å². The first-order valence-corrected chi connectivity index (χ1v) is 7.90. The number of carbonyl (C=O) groups excluding carboxylic acids is 2. The zero-order valence-electron chi connectivity index (χ0n) is 12.0. The highest BCUT2D eigenvalue weighted by atomic mass is 32.1. The quantitative estimate of drug-likeness (QED) is 0.299. The van der Waals surface area contributed by atoms with Gasteiger partial charge in [0.2, 0.25) is 0 Å². The van der Waals surface area contributed by atoms with E-state index in [0.29, 0.717) is 10.6 Å². The SMILES string of the molecule is O=C1NC(=S)N(c2ccccc2)C(=O)/C1=C\c1ccc([N+](=O)[O-])s1. The molecule has 0 spiro atoms. The van der Waals surface area contributed by atoms with Gasteiger partial charge in [-0.2, -0.15) is 0 Å². The summed E-state index contributed by atoms with van der Waals surface area (Å²) in [6, 6.07) is 11.5. The number of nitrogens with one attached hydrogen (secondary N) is 1. The Kier molecular flexibility index (Phi) is 4.19. The van der Waals surface area contributed by atoms with Crippen molar-refractivity contribution in [3.05, 3.63) is 63.0 Å². The molecule has 3 rings (SSSR count). The second kappa shape index (κ2) is 6.30. The van der Waals surface area contributed by atoms with Crippen LogP contribution in [-0.4, -0.2) is 21.9 Å². The zero-order valence-corrected chi connectivity index (χ0v) is 13.6. The van der Waals surface area contributed by atoms with Gasteiger partial charge in [0.05, 0.1) is 10.6 Å². The fourth-order valence-electron chi connectivity index (χ4n) is 2.13. The number of para-hydroxylation sites is 1. The molecule has 1 aromatic heterocycles. The minimum absolute atomic E-state index is 0.00879. The molecule has 0 radical (unpaired) electrons. The first kappa shape index (κ1) is 16.0. The smallest absolute Gasteiger partial charge is 0.298 e. The highest BCUT2D eigenvalue weighted by Crippen LogP contribution is 2.27. The standard InChI is InChI=1S/C15H9N3O4S2/c19-13-11(8-10-6-7-12(24-10)18(21)22)14(20)17(15(23)16-13)9-4-2-1-3-5-9/h1-8H,(H,16,19,23)/b11-8-. The summed E-state index contributed by atoms with van der Waals surface area (Å²) in [5, 5.41) is 13.1. The van der Waals surface area contributed by atoms with Gasteiger partial charge in [-0.3, -0.25) is 29.9 Å². The summed E-state index contributed by atoms with van der Waals surface area (Å²) < 4.78 is 0. The van der Waals surface area contributed by atoms with E-state index in [1.807, 2.05) is 0 Å². The van der Waals surface area contributed by atoms with Crippen LogP contribution >= 0.6 is 23.6 Å². The fraction of sp³-hybridized carbons (Fsp3) is 0. The van der Waals surface area contributed by atoms with E-state index in [0.717, 1.165) is 11.3 Å². The number of carbonyl (C=O) groups is 2. The van der Waals surface area contributed by atoms with E-state index in [1.54, 1.807) is 30.3 Å². The van der Waals surface area contributed by atoms with Crippen molar-refractivity contribution in [3.63, 3.8) is 0 Å². The van der Waals surface area contributed by atoms with E-state index in [1.165, 1.54) is 23.1 Å². The largest absolute Gasteiger partial charge is 0.324 e. The Morgan fingerprint density at radius 3 is 2.50 bits per heavy atom. The molecule has 7 nitrogen and oxygen atoms in total. The average molecular weight is 359 g/mol. The summed E-state index contributed by atoms with van der Waals surface area (Å²) in [5.41, 5.74) is 0.389. The first-order valence-electron chi connectivity index (χ1n) is 6.68. The zero-order chi connectivity index (χ0) is 17.3. The molecule has 0 aliphatic carbocycles. The van der Waals surface area contributed by atoms with Gasteiger partial charge in [0, 0.05) is 10.9 Å². The molecule has 0 atom stereocenters. The Labute approximate surface area is 145 Å². The maximum absolute atomic E-state index is 12.7. The summed E-state index contributed by atoms with van der Waals surface area (Å²) >= 11 is 5.96. The molecular weight excluding hydrogens is 350 g/mol. The molecule has 24 heavy (non-hydrogen) atoms. The highest BCUT2D eigenvalue weighted by molar-refractivity contribution is 7.80. The van der Waals surface area contributed by atoms with E-state index in [-0.39, 0.29) is 15.7 Å². The Morgan fingerprint density at radius 1 is 1.17 bits per heavy atom. The van der Waals surface area contributed by atoms with E-state index in [4.69, 9.17) is 12.2 Å². The molecule has 0 bridgehead atoms. The molecule has 1 aliphatic rings. The van der Waals surface area contributed by atoms with Crippen LogP contribution in [0.15, 0.2) is 48.0 Å². The molecule has 1 fully saturated rings. The molecule has 2 heterocycles. The van der Waals surface area contributed by atoms with E-state index < -0.39 is 16.7 Å². The predicted octanol–water partition coefficient (Wildman–Crippen LogP) is 2.49. The van der Waals surface area contributed by atoms with Crippen LogP contribution in [0.5, 0.6) is 0 Å². The van der Waals surface area contributed by atoms with E-state index in [9.17, 15) is 19.7 Å². The molecule has 0 unspecified atom stereocenters. The van der Waals surface area contributed by atoms with Crippen molar-refractivity contribution in [2.75, 3.05) is 4.90 Å². The maximum Gasteiger partial charge on any atom is 0.324 e. The van der Waals surface area contributed by atoms with Crippen LogP contribution in [0.2, 0.25) is 0 Å². The summed E-state index contributed by atoms with van der Waals surface area (Å²) in [6.45, 7) is 0. The lowest BCUT2D eigenvalue weighted by atomic mass is 10.1. The first-order chi connectivity index (χ1) is 11.5. The molecule has 120 valence electrons. The molecule has 2 aromatic rings. The second-order valence-corrected chi connectivity index (χ2v) is 6.21. The van der Waals surface area contributed by atoms with Crippen LogP contribution < -0.4 is 10.2 Å². The Balaban J connectivity index is 1.99. The number of benzene rings is 1. The third kappa shape index (κ3) is 2.94. The number of hydrogen-bond donors (Lipinski definition) is 1. The fourth-order valence-corrected chi connectivity index (χ4v) is 3.18. The van der Waals surface area contributed by atoms with Crippen molar-refractivity contribution in [2.24, 2.45) is 0 Å². The molecule has 1 N–H and O–H groups in total. The third-order valence-electron chi connectivity index (χ3n) is 3.20. The number of nitrogens with zero attached hydrogens (tertiary/aromatic N) is 2. The van der Waals surface area contributed by atoms with Gasteiger partial charge < -0.3 is 0 Å². The van der Waals surface area contributed by atoms with Gasteiger partial charge in [0.15, 0.2) is 5.11 Å². The van der Waals surface area contributed by atoms with Gasteiger partial charge in [0.25, 0.3) is 11.8 Å². The molecule has 1 saturated heterocycles. The molecule has 9 heteroatoms. The number of thiophene rings is 1. The monoisotopic (exact) mass is 359 g/mol. The third-order valence-corrected chi connectivity index (χ3v) is 4.46. The minimum atomic E-state index is -0.631. The van der Waals surface area contributed by atoms with Gasteiger partial charge in [0.1, 0.15) is 5.57 Å². The number of hydrogen-bond acceptors (Lipinski definition) is 6. The van der Waals surface area contributed by atoms with Crippen molar-refractivity contribution < 1.29 is 14.5 Å². The average Bonchev–Trinajstić information content (AvgIpc) is 3.01. The van der Waals surface area contributed by atoms with Gasteiger partial charge in [-0.15, -0.1) is 0 Å². The minimum Gasteiger partial charge on any atom is -0.298 e. The maximum atomic E-state index is 12.7. The normalized spacial score (nSPS) is 16.4. The van der Waals surface area contributed by atoms with Crippen molar-refractivity contribution in [3.8, 4) is 0 Å². The number of nitro groups is 1. The van der Waals surface area contributed by atoms with Crippen molar-refractivity contribution in [1.82, 2.24) is 5.32 Å². The number of thiocarbonyl (C=S) groups is 1. The lowest BCUT2D eigenvalue weighted by molar-refractivity contribution is -0.380. The van der Waals surface area contributed by atoms with Crippen LogP contribution in [-0.2, 0) is 9.59 Å². The highest BCUT2D eigenvalue weighted by Gasteiger charge is 2.34. The molecule has 0 saturated carbocycles. The van der Waals surface area contributed by atoms with Crippen LogP contribution in [0.3, 0.4) is 0 Å². The van der Waals surface area contributed by atoms with Gasteiger partial charge in [-0.1, -0.05) is 29.5 Å².